The van der Waals surface area contributed by atoms with Crippen molar-refractivity contribution in [2.75, 3.05) is 0 Å². The first-order valence-electron chi connectivity index (χ1n) is 9.77. The van der Waals surface area contributed by atoms with Crippen LogP contribution in [0, 0.1) is 17.4 Å². The van der Waals surface area contributed by atoms with E-state index in [1.54, 1.807) is 30.3 Å². The number of halogens is 1. The lowest BCUT2D eigenvalue weighted by molar-refractivity contribution is -0.123. The summed E-state index contributed by atoms with van der Waals surface area (Å²) in [5, 5.41) is 8.83. The highest BCUT2D eigenvalue weighted by molar-refractivity contribution is 14.1. The Labute approximate surface area is 203 Å². The van der Waals surface area contributed by atoms with Crippen molar-refractivity contribution in [1.29, 1.82) is 0 Å². The minimum atomic E-state index is -0.973. The van der Waals surface area contributed by atoms with Gasteiger partial charge in [-0.2, -0.15) is 0 Å². The summed E-state index contributed by atoms with van der Waals surface area (Å²) in [6, 6.07) is 16.3. The summed E-state index contributed by atoms with van der Waals surface area (Å²) in [5.74, 6) is -1.27. The number of aryl methyl sites for hydroxylation is 1. The van der Waals surface area contributed by atoms with Crippen molar-refractivity contribution in [1.82, 2.24) is 9.47 Å². The van der Waals surface area contributed by atoms with Gasteiger partial charge >= 0.3 is 5.97 Å². The molecule has 1 aliphatic heterocycles. The van der Waals surface area contributed by atoms with Gasteiger partial charge in [0.15, 0.2) is 0 Å². The van der Waals surface area contributed by atoms with Crippen molar-refractivity contribution in [3.63, 3.8) is 0 Å². The molecule has 1 aliphatic rings. The van der Waals surface area contributed by atoms with Crippen LogP contribution < -0.4 is 0 Å². The SMILES string of the molecule is Cc1cc(/C=C2\SC(=O)N(Cc3ccc(I)cc3)C2=O)c(C)n1-c1ccc(C(=O)O)cc1. The van der Waals surface area contributed by atoms with Gasteiger partial charge in [0.1, 0.15) is 0 Å². The molecule has 0 saturated carbocycles. The van der Waals surface area contributed by atoms with Gasteiger partial charge in [-0.1, -0.05) is 12.1 Å². The number of carbonyl (C=O) groups excluding carboxylic acids is 2. The Hall–Kier alpha value is -2.85. The maximum Gasteiger partial charge on any atom is 0.335 e. The first kappa shape index (κ1) is 22.3. The summed E-state index contributed by atoms with van der Waals surface area (Å²) >= 11 is 3.16. The molecule has 1 aromatic heterocycles. The first-order valence-corrected chi connectivity index (χ1v) is 11.7. The molecule has 2 heterocycles. The summed E-state index contributed by atoms with van der Waals surface area (Å²) in [6.45, 7) is 4.12. The van der Waals surface area contributed by atoms with E-state index < -0.39 is 5.97 Å². The van der Waals surface area contributed by atoms with Crippen LogP contribution in [-0.4, -0.2) is 31.7 Å². The fourth-order valence-electron chi connectivity index (χ4n) is 3.63. The summed E-state index contributed by atoms with van der Waals surface area (Å²) in [7, 11) is 0. The van der Waals surface area contributed by atoms with Gasteiger partial charge in [0.25, 0.3) is 11.1 Å². The Morgan fingerprint density at radius 3 is 2.34 bits per heavy atom. The standard InChI is InChI=1S/C24H19IN2O4S/c1-14-11-18(15(2)27(14)20-9-5-17(6-10-20)23(29)30)12-21-22(28)26(24(31)32-21)13-16-3-7-19(25)8-4-16/h3-12H,13H2,1-2H3,(H,29,30)/b21-12-. The zero-order valence-electron chi connectivity index (χ0n) is 17.3. The highest BCUT2D eigenvalue weighted by atomic mass is 127. The normalized spacial score (nSPS) is 15.1. The molecule has 4 rings (SSSR count). The zero-order chi connectivity index (χ0) is 23.0. The minimum Gasteiger partial charge on any atom is -0.478 e. The number of rotatable bonds is 5. The monoisotopic (exact) mass is 558 g/mol. The molecule has 8 heteroatoms. The lowest BCUT2D eigenvalue weighted by Crippen LogP contribution is -2.27. The first-order chi connectivity index (χ1) is 15.2. The van der Waals surface area contributed by atoms with Crippen LogP contribution in [0.2, 0.25) is 0 Å². The lowest BCUT2D eigenvalue weighted by atomic mass is 10.2. The molecule has 2 aromatic carbocycles. The molecular weight excluding hydrogens is 539 g/mol. The number of amides is 2. The second-order valence-electron chi connectivity index (χ2n) is 7.41. The summed E-state index contributed by atoms with van der Waals surface area (Å²) in [5.41, 5.74) is 4.63. The van der Waals surface area contributed by atoms with Crippen molar-refractivity contribution < 1.29 is 19.5 Å². The van der Waals surface area contributed by atoms with Gasteiger partial charge in [-0.3, -0.25) is 14.5 Å². The van der Waals surface area contributed by atoms with Crippen LogP contribution in [0.25, 0.3) is 11.8 Å². The van der Waals surface area contributed by atoms with Crippen LogP contribution in [0.4, 0.5) is 4.79 Å². The van der Waals surface area contributed by atoms with E-state index in [9.17, 15) is 14.4 Å². The van der Waals surface area contributed by atoms with Crippen LogP contribution in [-0.2, 0) is 11.3 Å². The van der Waals surface area contributed by atoms with Crippen LogP contribution in [0.3, 0.4) is 0 Å². The highest BCUT2D eigenvalue weighted by Crippen LogP contribution is 2.34. The molecular formula is C24H19IN2O4S. The number of aromatic carboxylic acids is 1. The van der Waals surface area contributed by atoms with E-state index >= 15 is 0 Å². The molecule has 1 saturated heterocycles. The van der Waals surface area contributed by atoms with Crippen LogP contribution in [0.1, 0.15) is 32.9 Å². The van der Waals surface area contributed by atoms with E-state index in [2.05, 4.69) is 22.6 Å². The fraction of sp³-hybridized carbons (Fsp3) is 0.125. The lowest BCUT2D eigenvalue weighted by Gasteiger charge is -2.12. The Kier molecular flexibility index (Phi) is 6.25. The number of aromatic nitrogens is 1. The summed E-state index contributed by atoms with van der Waals surface area (Å²) in [6.07, 6.45) is 1.75. The van der Waals surface area contributed by atoms with Gasteiger partial charge in [0, 0.05) is 20.6 Å². The van der Waals surface area contributed by atoms with Crippen molar-refractivity contribution >= 4 is 57.5 Å². The third-order valence-corrected chi connectivity index (χ3v) is 6.88. The van der Waals surface area contributed by atoms with Gasteiger partial charge in [0.05, 0.1) is 17.0 Å². The van der Waals surface area contributed by atoms with Crippen molar-refractivity contribution in [2.45, 2.75) is 20.4 Å². The fourth-order valence-corrected chi connectivity index (χ4v) is 4.82. The quantitative estimate of drug-likeness (QED) is 0.324. The molecule has 1 fully saturated rings. The molecule has 0 atom stereocenters. The third-order valence-electron chi connectivity index (χ3n) is 5.26. The molecule has 0 unspecified atom stereocenters. The van der Waals surface area contributed by atoms with E-state index in [0.717, 1.165) is 43.5 Å². The molecule has 0 radical (unpaired) electrons. The topological polar surface area (TPSA) is 79.6 Å². The van der Waals surface area contributed by atoms with Gasteiger partial charge in [-0.05, 0) is 108 Å². The Morgan fingerprint density at radius 1 is 1.06 bits per heavy atom. The number of carboxylic acid groups (broad SMARTS) is 1. The van der Waals surface area contributed by atoms with E-state index in [0.29, 0.717) is 4.91 Å². The van der Waals surface area contributed by atoms with Crippen molar-refractivity contribution in [2.24, 2.45) is 0 Å². The molecule has 2 amide bonds. The van der Waals surface area contributed by atoms with Gasteiger partial charge in [-0.15, -0.1) is 0 Å². The summed E-state index contributed by atoms with van der Waals surface area (Å²) in [4.78, 5) is 38.2. The number of hydrogen-bond donors (Lipinski definition) is 1. The number of benzene rings is 2. The molecule has 32 heavy (non-hydrogen) atoms. The van der Waals surface area contributed by atoms with Crippen LogP contribution >= 0.6 is 34.4 Å². The molecule has 0 bridgehead atoms. The number of nitrogens with zero attached hydrogens (tertiary/aromatic N) is 2. The average molecular weight is 558 g/mol. The Morgan fingerprint density at radius 2 is 1.72 bits per heavy atom. The zero-order valence-corrected chi connectivity index (χ0v) is 20.3. The largest absolute Gasteiger partial charge is 0.478 e. The van der Waals surface area contributed by atoms with E-state index in [1.807, 2.05) is 48.7 Å². The van der Waals surface area contributed by atoms with Crippen LogP contribution in [0.15, 0.2) is 59.5 Å². The number of carboxylic acids is 1. The van der Waals surface area contributed by atoms with E-state index in [-0.39, 0.29) is 23.3 Å². The molecule has 1 N–H and O–H groups in total. The predicted molar refractivity (Wildman–Crippen MR) is 133 cm³/mol. The van der Waals surface area contributed by atoms with Gasteiger partial charge in [0.2, 0.25) is 0 Å². The summed E-state index contributed by atoms with van der Waals surface area (Å²) < 4.78 is 3.08. The number of thioether (sulfide) groups is 1. The number of carbonyl (C=O) groups is 3. The van der Waals surface area contributed by atoms with Gasteiger partial charge in [-0.25, -0.2) is 4.79 Å². The van der Waals surface area contributed by atoms with Crippen LogP contribution in [0.5, 0.6) is 0 Å². The Bertz CT molecular complexity index is 1260. The molecule has 0 aliphatic carbocycles. The average Bonchev–Trinajstić information content (AvgIpc) is 3.19. The van der Waals surface area contributed by atoms with Crippen molar-refractivity contribution in [3.8, 4) is 5.69 Å². The van der Waals surface area contributed by atoms with E-state index in [4.69, 9.17) is 5.11 Å². The molecule has 0 spiro atoms. The molecule has 3 aromatic rings. The highest BCUT2D eigenvalue weighted by Gasteiger charge is 2.35. The number of imide groups is 1. The van der Waals surface area contributed by atoms with Crippen molar-refractivity contribution in [3.05, 3.63) is 91.2 Å². The molecule has 6 nitrogen and oxygen atoms in total. The second-order valence-corrected chi connectivity index (χ2v) is 9.65. The third kappa shape index (κ3) is 4.37. The maximum absolute atomic E-state index is 12.9. The number of hydrogen-bond acceptors (Lipinski definition) is 4. The second kappa shape index (κ2) is 8.95. The maximum atomic E-state index is 12.9. The minimum absolute atomic E-state index is 0.221. The molecule has 162 valence electrons. The smallest absolute Gasteiger partial charge is 0.335 e. The Balaban J connectivity index is 1.61. The van der Waals surface area contributed by atoms with E-state index in [1.165, 1.54) is 4.90 Å². The predicted octanol–water partition coefficient (Wildman–Crippen LogP) is 5.63. The van der Waals surface area contributed by atoms with Gasteiger partial charge < -0.3 is 9.67 Å².